The van der Waals surface area contributed by atoms with Gasteiger partial charge in [0.25, 0.3) is 5.56 Å². The van der Waals surface area contributed by atoms with Crippen LogP contribution in [0.1, 0.15) is 29.2 Å². The van der Waals surface area contributed by atoms with Gasteiger partial charge in [-0.15, -0.1) is 0 Å². The largest absolute Gasteiger partial charge is 0.505 e. The van der Waals surface area contributed by atoms with E-state index in [1.54, 1.807) is 24.3 Å². The van der Waals surface area contributed by atoms with Crippen LogP contribution in [0.25, 0.3) is 0 Å². The molecule has 0 saturated heterocycles. The summed E-state index contributed by atoms with van der Waals surface area (Å²) < 4.78 is 7.22. The number of aliphatic carboxylic acids is 1. The standard InChI is InChI=1S/C24H25N3O6/c1-14-6-4-7-15(2)22(14)33-17-9-5-8-16(12-17)18(13-20(29)30)25-24(32)26-21-19(28)10-11-27(3)23(21)31/h4-12,18,28H,13H2,1-3H3,(H,29,30)(H2,25,26,32)/t18-/m0/s1. The highest BCUT2D eigenvalue weighted by molar-refractivity contribution is 5.91. The van der Waals surface area contributed by atoms with E-state index in [1.165, 1.54) is 23.9 Å². The van der Waals surface area contributed by atoms with Crippen molar-refractivity contribution in [1.29, 1.82) is 0 Å². The number of aromatic nitrogens is 1. The van der Waals surface area contributed by atoms with Gasteiger partial charge < -0.3 is 30.2 Å². The highest BCUT2D eigenvalue weighted by atomic mass is 16.5. The predicted octanol–water partition coefficient (Wildman–Crippen LogP) is 3.84. The number of hydrogen-bond donors (Lipinski definition) is 4. The maximum atomic E-state index is 12.6. The van der Waals surface area contributed by atoms with E-state index < -0.39 is 35.8 Å². The number of rotatable bonds is 7. The minimum atomic E-state index is -1.13. The Morgan fingerprint density at radius 3 is 2.42 bits per heavy atom. The number of nitrogens with one attached hydrogen (secondary N) is 2. The van der Waals surface area contributed by atoms with Gasteiger partial charge in [0.05, 0.1) is 12.5 Å². The molecule has 0 aliphatic rings. The Morgan fingerprint density at radius 1 is 1.09 bits per heavy atom. The van der Waals surface area contributed by atoms with Gasteiger partial charge in [0, 0.05) is 13.2 Å². The highest BCUT2D eigenvalue weighted by Gasteiger charge is 2.21. The number of nitrogens with zero attached hydrogens (tertiary/aromatic N) is 1. The van der Waals surface area contributed by atoms with E-state index in [9.17, 15) is 24.6 Å². The number of pyridine rings is 1. The number of hydrogen-bond acceptors (Lipinski definition) is 5. The Kier molecular flexibility index (Phi) is 7.02. The second-order valence-corrected chi connectivity index (χ2v) is 7.64. The molecular weight excluding hydrogens is 426 g/mol. The van der Waals surface area contributed by atoms with Crippen molar-refractivity contribution in [1.82, 2.24) is 9.88 Å². The Balaban J connectivity index is 1.84. The molecule has 172 valence electrons. The van der Waals surface area contributed by atoms with Crippen molar-refractivity contribution in [3.63, 3.8) is 0 Å². The fourth-order valence-corrected chi connectivity index (χ4v) is 3.34. The molecule has 2 amide bonds. The first kappa shape index (κ1) is 23.4. The van der Waals surface area contributed by atoms with Gasteiger partial charge in [-0.1, -0.05) is 30.3 Å². The van der Waals surface area contributed by atoms with Gasteiger partial charge in [-0.2, -0.15) is 0 Å². The quantitative estimate of drug-likeness (QED) is 0.432. The molecule has 0 bridgehead atoms. The number of carbonyl (C=O) groups is 2. The van der Waals surface area contributed by atoms with Gasteiger partial charge >= 0.3 is 12.0 Å². The molecule has 9 heteroatoms. The van der Waals surface area contributed by atoms with E-state index in [0.29, 0.717) is 17.1 Å². The number of carbonyl (C=O) groups excluding carboxylic acids is 1. The van der Waals surface area contributed by atoms with E-state index in [1.807, 2.05) is 32.0 Å². The summed E-state index contributed by atoms with van der Waals surface area (Å²) in [5.41, 5.74) is 1.48. The lowest BCUT2D eigenvalue weighted by molar-refractivity contribution is -0.137. The first-order valence-corrected chi connectivity index (χ1v) is 10.2. The second-order valence-electron chi connectivity index (χ2n) is 7.64. The molecule has 1 aromatic heterocycles. The van der Waals surface area contributed by atoms with Crippen molar-refractivity contribution in [2.24, 2.45) is 7.05 Å². The molecule has 3 aromatic rings. The summed E-state index contributed by atoms with van der Waals surface area (Å²) in [4.78, 5) is 36.2. The Labute approximate surface area is 190 Å². The van der Waals surface area contributed by atoms with Crippen LogP contribution in [-0.2, 0) is 11.8 Å². The maximum Gasteiger partial charge on any atom is 0.319 e. The monoisotopic (exact) mass is 451 g/mol. The van der Waals surface area contributed by atoms with Crippen molar-refractivity contribution in [2.75, 3.05) is 5.32 Å². The lowest BCUT2D eigenvalue weighted by atomic mass is 10.0. The number of carboxylic acids is 1. The van der Waals surface area contributed by atoms with Crippen LogP contribution in [0.15, 0.2) is 59.5 Å². The van der Waals surface area contributed by atoms with Crippen LogP contribution in [0.2, 0.25) is 0 Å². The first-order valence-electron chi connectivity index (χ1n) is 10.2. The molecular formula is C24H25N3O6. The molecule has 3 rings (SSSR count). The van der Waals surface area contributed by atoms with Gasteiger partial charge in [0.2, 0.25) is 0 Å². The van der Waals surface area contributed by atoms with Crippen LogP contribution >= 0.6 is 0 Å². The Hall–Kier alpha value is -4.27. The topological polar surface area (TPSA) is 130 Å². The van der Waals surface area contributed by atoms with Crippen LogP contribution in [0.3, 0.4) is 0 Å². The average Bonchev–Trinajstić information content (AvgIpc) is 2.76. The fraction of sp³-hybridized carbons (Fsp3) is 0.208. The number of aryl methyl sites for hydroxylation is 3. The van der Waals surface area contributed by atoms with Crippen molar-refractivity contribution >= 4 is 17.7 Å². The molecule has 0 radical (unpaired) electrons. The third-order valence-corrected chi connectivity index (χ3v) is 5.06. The fourth-order valence-electron chi connectivity index (χ4n) is 3.34. The van der Waals surface area contributed by atoms with E-state index >= 15 is 0 Å². The molecule has 1 atom stereocenters. The van der Waals surface area contributed by atoms with Crippen molar-refractivity contribution < 1.29 is 24.5 Å². The molecule has 0 aliphatic carbocycles. The number of carboxylic acid groups (broad SMARTS) is 1. The summed E-state index contributed by atoms with van der Waals surface area (Å²) in [5.74, 6) is -0.338. The molecule has 4 N–H and O–H groups in total. The predicted molar refractivity (Wildman–Crippen MR) is 123 cm³/mol. The zero-order valence-electron chi connectivity index (χ0n) is 18.5. The minimum absolute atomic E-state index is 0.307. The van der Waals surface area contributed by atoms with E-state index in [4.69, 9.17) is 4.74 Å². The molecule has 33 heavy (non-hydrogen) atoms. The zero-order valence-corrected chi connectivity index (χ0v) is 18.5. The van der Waals surface area contributed by atoms with Gasteiger partial charge in [-0.25, -0.2) is 4.79 Å². The van der Waals surface area contributed by atoms with Crippen LogP contribution in [-0.4, -0.2) is 26.8 Å². The number of urea groups is 1. The number of anilines is 1. The molecule has 0 aliphatic heterocycles. The summed E-state index contributed by atoms with van der Waals surface area (Å²) in [6.07, 6.45) is 0.953. The number of benzene rings is 2. The summed E-state index contributed by atoms with van der Waals surface area (Å²) in [5, 5.41) is 24.1. The third-order valence-electron chi connectivity index (χ3n) is 5.06. The summed E-state index contributed by atoms with van der Waals surface area (Å²) in [6.45, 7) is 3.85. The van der Waals surface area contributed by atoms with Crippen molar-refractivity contribution in [3.05, 3.63) is 81.8 Å². The van der Waals surface area contributed by atoms with Gasteiger partial charge in [0.1, 0.15) is 17.2 Å². The summed E-state index contributed by atoms with van der Waals surface area (Å²) >= 11 is 0. The molecule has 0 spiro atoms. The molecule has 0 saturated carbocycles. The molecule has 1 heterocycles. The Bertz CT molecular complexity index is 1230. The van der Waals surface area contributed by atoms with E-state index in [-0.39, 0.29) is 5.69 Å². The van der Waals surface area contributed by atoms with E-state index in [2.05, 4.69) is 10.6 Å². The van der Waals surface area contributed by atoms with Crippen molar-refractivity contribution in [3.8, 4) is 17.2 Å². The van der Waals surface area contributed by atoms with Crippen LogP contribution in [0.4, 0.5) is 10.5 Å². The summed E-state index contributed by atoms with van der Waals surface area (Å²) in [6, 6.07) is 12.0. The van der Waals surface area contributed by atoms with Gasteiger partial charge in [-0.3, -0.25) is 9.59 Å². The van der Waals surface area contributed by atoms with Crippen LogP contribution in [0.5, 0.6) is 17.2 Å². The number of aromatic hydroxyl groups is 1. The number of para-hydroxylation sites is 1. The molecule has 9 nitrogen and oxygen atoms in total. The van der Waals surface area contributed by atoms with E-state index in [0.717, 1.165) is 11.1 Å². The van der Waals surface area contributed by atoms with Crippen molar-refractivity contribution in [2.45, 2.75) is 26.3 Å². The van der Waals surface area contributed by atoms with Gasteiger partial charge in [-0.05, 0) is 48.7 Å². The molecule has 0 fully saturated rings. The number of ether oxygens (including phenoxy) is 1. The summed E-state index contributed by atoms with van der Waals surface area (Å²) in [7, 11) is 1.47. The van der Waals surface area contributed by atoms with Gasteiger partial charge in [0.15, 0.2) is 5.69 Å². The maximum absolute atomic E-state index is 12.6. The minimum Gasteiger partial charge on any atom is -0.505 e. The van der Waals surface area contributed by atoms with Crippen LogP contribution in [0, 0.1) is 13.8 Å². The Morgan fingerprint density at radius 2 is 1.76 bits per heavy atom. The second kappa shape index (κ2) is 9.90. The number of amides is 2. The lowest BCUT2D eigenvalue weighted by Crippen LogP contribution is -2.35. The normalized spacial score (nSPS) is 11.5. The molecule has 0 unspecified atom stereocenters. The third kappa shape index (κ3) is 5.70. The smallest absolute Gasteiger partial charge is 0.319 e. The first-order chi connectivity index (χ1) is 15.7. The zero-order chi connectivity index (χ0) is 24.1. The average molecular weight is 451 g/mol. The molecule has 2 aromatic carbocycles. The SMILES string of the molecule is Cc1cccc(C)c1Oc1cccc([C@H](CC(=O)O)NC(=O)Nc2c(O)ccn(C)c2=O)c1. The van der Waals surface area contributed by atoms with Crippen LogP contribution < -0.4 is 20.9 Å². The highest BCUT2D eigenvalue weighted by Crippen LogP contribution is 2.30. The lowest BCUT2D eigenvalue weighted by Gasteiger charge is -2.19.